The van der Waals surface area contributed by atoms with Crippen LogP contribution in [0.1, 0.15) is 13.3 Å². The second-order valence-electron chi connectivity index (χ2n) is 3.38. The van der Waals surface area contributed by atoms with Gasteiger partial charge in [0.2, 0.25) is 0 Å². The van der Waals surface area contributed by atoms with E-state index in [2.05, 4.69) is 10.1 Å². The Balaban J connectivity index is 0.00000169. The number of carbonyl (C=O) groups excluding carboxylic acids is 1. The van der Waals surface area contributed by atoms with Gasteiger partial charge in [-0.05, 0) is 25.5 Å². The summed E-state index contributed by atoms with van der Waals surface area (Å²) in [6.07, 6.45) is 1.08. The molecule has 0 amide bonds. The monoisotopic (exact) mass is 223 g/mol. The molecule has 0 aromatic heterocycles. The maximum atomic E-state index is 12.5. The van der Waals surface area contributed by atoms with Crippen LogP contribution in [-0.2, 0) is 9.53 Å². The summed E-state index contributed by atoms with van der Waals surface area (Å²) in [7, 11) is 1.32. The summed E-state index contributed by atoms with van der Waals surface area (Å²) in [4.78, 5) is 11.4. The summed E-state index contributed by atoms with van der Waals surface area (Å²) in [5.41, 5.74) is -0.319. The first-order chi connectivity index (χ1) is 6.15. The van der Waals surface area contributed by atoms with Crippen LogP contribution in [-0.4, -0.2) is 26.2 Å². The van der Waals surface area contributed by atoms with Crippen LogP contribution in [0.15, 0.2) is 11.9 Å². The summed E-state index contributed by atoms with van der Waals surface area (Å²) >= 11 is 0. The fraction of sp³-hybridized carbons (Fsp3) is 0.667. The van der Waals surface area contributed by atoms with Crippen LogP contribution < -0.4 is 5.32 Å². The van der Waals surface area contributed by atoms with Crippen molar-refractivity contribution < 1.29 is 13.9 Å². The highest BCUT2D eigenvalue weighted by molar-refractivity contribution is 5.85. The lowest BCUT2D eigenvalue weighted by molar-refractivity contribution is -0.149. The van der Waals surface area contributed by atoms with Crippen molar-refractivity contribution in [3.05, 3.63) is 11.9 Å². The van der Waals surface area contributed by atoms with Gasteiger partial charge < -0.3 is 10.1 Å². The first-order valence-corrected chi connectivity index (χ1v) is 4.24. The fourth-order valence-electron chi connectivity index (χ4n) is 1.55. The summed E-state index contributed by atoms with van der Waals surface area (Å²) in [6.45, 7) is 2.84. The molecule has 1 N–H and O–H groups in total. The average Bonchev–Trinajstić information content (AvgIpc) is 2.17. The van der Waals surface area contributed by atoms with Gasteiger partial charge in [-0.1, -0.05) is 0 Å². The van der Waals surface area contributed by atoms with Crippen LogP contribution in [0.4, 0.5) is 4.39 Å². The molecule has 1 aliphatic heterocycles. The van der Waals surface area contributed by atoms with Gasteiger partial charge in [-0.15, -0.1) is 12.4 Å². The number of ether oxygens (including phenoxy) is 1. The molecule has 82 valence electrons. The Kier molecular flexibility index (Phi) is 5.08. The normalized spacial score (nSPS) is 29.5. The zero-order valence-electron chi connectivity index (χ0n) is 8.30. The molecular weight excluding hydrogens is 209 g/mol. The Morgan fingerprint density at radius 2 is 2.36 bits per heavy atom. The number of carbonyl (C=O) groups is 1. The molecule has 1 saturated heterocycles. The van der Waals surface area contributed by atoms with Crippen LogP contribution in [0.25, 0.3) is 0 Å². The molecule has 0 radical (unpaired) electrons. The average molecular weight is 224 g/mol. The Bertz CT molecular complexity index is 245. The molecule has 1 rings (SSSR count). The van der Waals surface area contributed by atoms with Gasteiger partial charge in [0.15, 0.2) is 0 Å². The molecule has 0 aromatic carbocycles. The highest BCUT2D eigenvalue weighted by Gasteiger charge is 2.40. The number of piperidine rings is 1. The highest BCUT2D eigenvalue weighted by atomic mass is 35.5. The SMILES string of the molecule is COC(=O)[C@]1(C)CNCC/C1=C\F.Cl. The zero-order chi connectivity index (χ0) is 9.90. The van der Waals surface area contributed by atoms with E-state index in [0.29, 0.717) is 31.4 Å². The number of nitrogens with one attached hydrogen (secondary N) is 1. The van der Waals surface area contributed by atoms with Crippen molar-refractivity contribution in [2.75, 3.05) is 20.2 Å². The lowest BCUT2D eigenvalue weighted by Crippen LogP contribution is -2.45. The summed E-state index contributed by atoms with van der Waals surface area (Å²) < 4.78 is 17.1. The van der Waals surface area contributed by atoms with E-state index in [1.807, 2.05) is 0 Å². The predicted octanol–water partition coefficient (Wildman–Crippen LogP) is 1.43. The summed E-state index contributed by atoms with van der Waals surface area (Å²) in [6, 6.07) is 0. The second-order valence-corrected chi connectivity index (χ2v) is 3.38. The van der Waals surface area contributed by atoms with E-state index < -0.39 is 5.41 Å². The first-order valence-electron chi connectivity index (χ1n) is 4.24. The van der Waals surface area contributed by atoms with Gasteiger partial charge in [-0.3, -0.25) is 4.79 Å². The second kappa shape index (κ2) is 5.32. The van der Waals surface area contributed by atoms with E-state index in [-0.39, 0.29) is 18.4 Å². The van der Waals surface area contributed by atoms with Crippen LogP contribution in [0.3, 0.4) is 0 Å². The van der Waals surface area contributed by atoms with E-state index in [9.17, 15) is 9.18 Å². The topological polar surface area (TPSA) is 38.3 Å². The van der Waals surface area contributed by atoms with E-state index in [1.54, 1.807) is 6.92 Å². The third-order valence-corrected chi connectivity index (χ3v) is 2.53. The maximum absolute atomic E-state index is 12.5. The quantitative estimate of drug-likeness (QED) is 0.684. The summed E-state index contributed by atoms with van der Waals surface area (Å²) in [5.74, 6) is -0.386. The Labute approximate surface area is 89.1 Å². The molecular formula is C9H15ClFNO2. The van der Waals surface area contributed by atoms with Crippen molar-refractivity contribution in [3.63, 3.8) is 0 Å². The van der Waals surface area contributed by atoms with Crippen LogP contribution in [0.2, 0.25) is 0 Å². The number of rotatable bonds is 1. The number of esters is 1. The number of halogens is 2. The lowest BCUT2D eigenvalue weighted by atomic mass is 9.78. The molecule has 1 atom stereocenters. The molecule has 1 fully saturated rings. The highest BCUT2D eigenvalue weighted by Crippen LogP contribution is 2.32. The van der Waals surface area contributed by atoms with Gasteiger partial charge in [0.05, 0.1) is 13.4 Å². The van der Waals surface area contributed by atoms with Gasteiger partial charge in [0.25, 0.3) is 0 Å². The van der Waals surface area contributed by atoms with E-state index >= 15 is 0 Å². The van der Waals surface area contributed by atoms with Gasteiger partial charge in [0, 0.05) is 6.54 Å². The molecule has 0 aromatic rings. The Morgan fingerprint density at radius 3 is 2.86 bits per heavy atom. The lowest BCUT2D eigenvalue weighted by Gasteiger charge is -2.33. The zero-order valence-corrected chi connectivity index (χ0v) is 9.12. The van der Waals surface area contributed by atoms with Gasteiger partial charge >= 0.3 is 5.97 Å². The van der Waals surface area contributed by atoms with Crippen molar-refractivity contribution in [2.45, 2.75) is 13.3 Å². The minimum Gasteiger partial charge on any atom is -0.468 e. The van der Waals surface area contributed by atoms with E-state index in [4.69, 9.17) is 0 Å². The molecule has 0 bridgehead atoms. The van der Waals surface area contributed by atoms with Gasteiger partial charge in [-0.2, -0.15) is 0 Å². The minimum atomic E-state index is -0.832. The molecule has 5 heteroatoms. The molecule has 3 nitrogen and oxygen atoms in total. The van der Waals surface area contributed by atoms with E-state index in [1.165, 1.54) is 7.11 Å². The molecule has 14 heavy (non-hydrogen) atoms. The molecule has 0 unspecified atom stereocenters. The van der Waals surface area contributed by atoms with Crippen molar-refractivity contribution in [1.29, 1.82) is 0 Å². The fourth-order valence-corrected chi connectivity index (χ4v) is 1.55. The maximum Gasteiger partial charge on any atom is 0.317 e. The number of hydrogen-bond acceptors (Lipinski definition) is 3. The van der Waals surface area contributed by atoms with Crippen LogP contribution in [0.5, 0.6) is 0 Å². The van der Waals surface area contributed by atoms with Crippen molar-refractivity contribution >= 4 is 18.4 Å². The molecule has 0 saturated carbocycles. The van der Waals surface area contributed by atoms with Crippen LogP contribution in [0, 0.1) is 5.41 Å². The first kappa shape index (κ1) is 13.4. The summed E-state index contributed by atoms with van der Waals surface area (Å²) in [5, 5.41) is 3.05. The van der Waals surface area contributed by atoms with E-state index in [0.717, 1.165) is 0 Å². The third-order valence-electron chi connectivity index (χ3n) is 2.53. The molecule has 1 aliphatic rings. The van der Waals surface area contributed by atoms with Crippen LogP contribution >= 0.6 is 12.4 Å². The minimum absolute atomic E-state index is 0. The third kappa shape index (κ3) is 2.25. The van der Waals surface area contributed by atoms with Crippen molar-refractivity contribution in [3.8, 4) is 0 Å². The Morgan fingerprint density at radius 1 is 1.71 bits per heavy atom. The predicted molar refractivity (Wildman–Crippen MR) is 54.0 cm³/mol. The molecule has 0 spiro atoms. The number of hydrogen-bond donors (Lipinski definition) is 1. The largest absolute Gasteiger partial charge is 0.468 e. The van der Waals surface area contributed by atoms with Gasteiger partial charge in [-0.25, -0.2) is 4.39 Å². The standard InChI is InChI=1S/C9H14FNO2.ClH/c1-9(8(12)13-2)6-11-4-3-7(9)5-10;/h5,11H,3-4,6H2,1-2H3;1H/b7-5+;/t9-;/m1./s1. The smallest absolute Gasteiger partial charge is 0.317 e. The van der Waals surface area contributed by atoms with Crippen molar-refractivity contribution in [1.82, 2.24) is 5.32 Å². The van der Waals surface area contributed by atoms with Gasteiger partial charge in [0.1, 0.15) is 5.41 Å². The van der Waals surface area contributed by atoms with Crippen molar-refractivity contribution in [2.24, 2.45) is 5.41 Å². The Hall–Kier alpha value is -0.610. The molecule has 1 heterocycles. The molecule has 0 aliphatic carbocycles. The number of methoxy groups -OCH3 is 1.